The molecule has 8 heteroatoms. The number of ether oxygens (including phenoxy) is 1. The lowest BCUT2D eigenvalue weighted by atomic mass is 9.83. The van der Waals surface area contributed by atoms with Gasteiger partial charge in [0.25, 0.3) is 0 Å². The van der Waals surface area contributed by atoms with E-state index in [1.807, 2.05) is 54.1 Å². The monoisotopic (exact) mass is 560 g/mol. The fourth-order valence-electron chi connectivity index (χ4n) is 5.73. The average Bonchev–Trinajstić information content (AvgIpc) is 3.29. The Hall–Kier alpha value is -3.65. The van der Waals surface area contributed by atoms with Crippen molar-refractivity contribution in [1.82, 2.24) is 15.1 Å². The highest BCUT2D eigenvalue weighted by molar-refractivity contribution is 5.97. The largest absolute Gasteiger partial charge is 0.444 e. The lowest BCUT2D eigenvalue weighted by molar-refractivity contribution is -0.119. The molecule has 0 aliphatic heterocycles. The summed E-state index contributed by atoms with van der Waals surface area (Å²) in [6.07, 6.45) is 3.70. The maximum Gasteiger partial charge on any atom is 0.408 e. The van der Waals surface area contributed by atoms with Crippen molar-refractivity contribution < 1.29 is 19.4 Å². The quantitative estimate of drug-likeness (QED) is 0.277. The fourth-order valence-corrected chi connectivity index (χ4v) is 5.73. The summed E-state index contributed by atoms with van der Waals surface area (Å²) in [6.45, 7) is 11.2. The minimum Gasteiger partial charge on any atom is -0.444 e. The number of aliphatic hydroxyl groups is 1. The van der Waals surface area contributed by atoms with Crippen LogP contribution in [0, 0.1) is 12.8 Å². The third-order valence-electron chi connectivity index (χ3n) is 7.68. The Morgan fingerprint density at radius 3 is 2.22 bits per heavy atom. The Kier molecular flexibility index (Phi) is 9.53. The van der Waals surface area contributed by atoms with Crippen LogP contribution in [0.2, 0.25) is 0 Å². The number of hydrogen-bond donors (Lipinski definition) is 3. The average molecular weight is 561 g/mol. The summed E-state index contributed by atoms with van der Waals surface area (Å²) in [5, 5.41) is 21.5. The number of aliphatic hydroxyl groups excluding tert-OH is 1. The molecule has 1 aromatic heterocycles. The lowest BCUT2D eigenvalue weighted by Gasteiger charge is -2.31. The van der Waals surface area contributed by atoms with Gasteiger partial charge in [-0.2, -0.15) is 5.10 Å². The van der Waals surface area contributed by atoms with Crippen molar-refractivity contribution in [2.45, 2.75) is 97.4 Å². The molecule has 1 fully saturated rings. The van der Waals surface area contributed by atoms with Crippen molar-refractivity contribution in [3.05, 3.63) is 71.5 Å². The van der Waals surface area contributed by atoms with Crippen molar-refractivity contribution in [3.8, 4) is 11.1 Å². The molecule has 2 aromatic carbocycles. The number of aryl methyl sites for hydroxylation is 1. The van der Waals surface area contributed by atoms with Crippen LogP contribution in [0.1, 0.15) is 95.8 Å². The number of nitrogens with one attached hydrogen (secondary N) is 2. The zero-order valence-corrected chi connectivity index (χ0v) is 25.1. The Bertz CT molecular complexity index is 1320. The van der Waals surface area contributed by atoms with Crippen LogP contribution >= 0.6 is 0 Å². The number of anilines is 1. The minimum absolute atomic E-state index is 0.0546. The van der Waals surface area contributed by atoms with Gasteiger partial charge in [-0.25, -0.2) is 4.79 Å². The summed E-state index contributed by atoms with van der Waals surface area (Å²) in [5.41, 5.74) is 4.43. The number of amides is 2. The van der Waals surface area contributed by atoms with E-state index in [1.165, 1.54) is 0 Å². The number of carbonyl (C=O) groups excluding carboxylic acids is 2. The third-order valence-corrected chi connectivity index (χ3v) is 7.68. The molecule has 3 N–H and O–H groups in total. The molecule has 220 valence electrons. The standard InChI is InChI=1S/C33H44N4O4/c1-21-28(30(23(3)38)37(36-21)22(2)24-13-9-7-10-14-24)25-17-19-27(20-18-25)34-31(39)29(26-15-11-8-12-16-26)35-32(40)41-33(4,5)6/h7,9-10,13-14,17-20,22-23,26,29,38H,8,11-12,15-16H2,1-6H3,(H,34,39)(H,35,40)/t22?,23?,29-/m0/s1. The minimum atomic E-state index is -0.730. The highest BCUT2D eigenvalue weighted by Crippen LogP contribution is 2.35. The van der Waals surface area contributed by atoms with Crippen LogP contribution in [0.3, 0.4) is 0 Å². The smallest absolute Gasteiger partial charge is 0.408 e. The van der Waals surface area contributed by atoms with Crippen LogP contribution in [-0.2, 0) is 9.53 Å². The summed E-state index contributed by atoms with van der Waals surface area (Å²) >= 11 is 0. The Balaban J connectivity index is 1.55. The molecule has 3 atom stereocenters. The normalized spacial score (nSPS) is 16.5. The van der Waals surface area contributed by atoms with Gasteiger partial charge in [-0.1, -0.05) is 61.7 Å². The third kappa shape index (κ3) is 7.55. The second-order valence-corrected chi connectivity index (χ2v) is 12.1. The number of alkyl carbamates (subject to hydrolysis) is 1. The van der Waals surface area contributed by atoms with E-state index < -0.39 is 23.8 Å². The van der Waals surface area contributed by atoms with E-state index in [-0.39, 0.29) is 17.9 Å². The summed E-state index contributed by atoms with van der Waals surface area (Å²) in [4.78, 5) is 26.0. The Morgan fingerprint density at radius 2 is 1.63 bits per heavy atom. The molecule has 1 aliphatic carbocycles. The Morgan fingerprint density at radius 1 is 1.00 bits per heavy atom. The van der Waals surface area contributed by atoms with E-state index in [0.717, 1.165) is 60.2 Å². The van der Waals surface area contributed by atoms with Crippen molar-refractivity contribution >= 4 is 17.7 Å². The van der Waals surface area contributed by atoms with E-state index in [0.29, 0.717) is 5.69 Å². The molecule has 0 radical (unpaired) electrons. The molecule has 0 saturated heterocycles. The number of benzene rings is 2. The molecule has 0 spiro atoms. The second-order valence-electron chi connectivity index (χ2n) is 12.1. The molecule has 1 aliphatic rings. The molecule has 0 bridgehead atoms. The fraction of sp³-hybridized carbons (Fsp3) is 0.485. The second kappa shape index (κ2) is 12.9. The first-order valence-electron chi connectivity index (χ1n) is 14.7. The molecular weight excluding hydrogens is 516 g/mol. The first kappa shape index (κ1) is 30.3. The summed E-state index contributed by atoms with van der Waals surface area (Å²) < 4.78 is 7.35. The molecule has 2 amide bonds. The molecule has 1 heterocycles. The van der Waals surface area contributed by atoms with Gasteiger partial charge in [0.05, 0.1) is 23.5 Å². The topological polar surface area (TPSA) is 105 Å². The van der Waals surface area contributed by atoms with E-state index in [9.17, 15) is 14.7 Å². The predicted octanol–water partition coefficient (Wildman–Crippen LogP) is 6.93. The number of nitrogens with zero attached hydrogens (tertiary/aromatic N) is 2. The van der Waals surface area contributed by atoms with Crippen LogP contribution in [0.25, 0.3) is 11.1 Å². The number of hydrogen-bond acceptors (Lipinski definition) is 5. The van der Waals surface area contributed by atoms with Crippen LogP contribution < -0.4 is 10.6 Å². The first-order chi connectivity index (χ1) is 19.4. The van der Waals surface area contributed by atoms with Crippen LogP contribution in [-0.4, -0.2) is 38.5 Å². The molecule has 8 nitrogen and oxygen atoms in total. The number of rotatable bonds is 8. The molecule has 41 heavy (non-hydrogen) atoms. The van der Waals surface area contributed by atoms with Crippen molar-refractivity contribution in [2.75, 3.05) is 5.32 Å². The molecule has 2 unspecified atom stereocenters. The van der Waals surface area contributed by atoms with Crippen LogP contribution in [0.4, 0.5) is 10.5 Å². The first-order valence-corrected chi connectivity index (χ1v) is 14.7. The summed E-state index contributed by atoms with van der Waals surface area (Å²) in [6, 6.07) is 16.9. The highest BCUT2D eigenvalue weighted by Gasteiger charge is 2.32. The van der Waals surface area contributed by atoms with Gasteiger partial charge in [0.15, 0.2) is 0 Å². The van der Waals surface area contributed by atoms with E-state index in [1.54, 1.807) is 27.7 Å². The van der Waals surface area contributed by atoms with Crippen molar-refractivity contribution in [1.29, 1.82) is 0 Å². The van der Waals surface area contributed by atoms with Gasteiger partial charge in [-0.15, -0.1) is 0 Å². The van der Waals surface area contributed by atoms with Gasteiger partial charge in [-0.05, 0) is 83.6 Å². The lowest BCUT2D eigenvalue weighted by Crippen LogP contribution is -2.50. The summed E-state index contributed by atoms with van der Waals surface area (Å²) in [5.74, 6) is -0.190. The van der Waals surface area contributed by atoms with E-state index in [2.05, 4.69) is 29.7 Å². The Labute approximate surface area is 243 Å². The van der Waals surface area contributed by atoms with Crippen molar-refractivity contribution in [2.24, 2.45) is 5.92 Å². The van der Waals surface area contributed by atoms with Crippen molar-refractivity contribution in [3.63, 3.8) is 0 Å². The zero-order chi connectivity index (χ0) is 29.7. The van der Waals surface area contributed by atoms with Gasteiger partial charge in [0.2, 0.25) is 5.91 Å². The molecule has 4 rings (SSSR count). The summed E-state index contributed by atoms with van der Waals surface area (Å²) in [7, 11) is 0. The maximum absolute atomic E-state index is 13.5. The zero-order valence-electron chi connectivity index (χ0n) is 25.1. The van der Waals surface area contributed by atoms with Gasteiger partial charge >= 0.3 is 6.09 Å². The van der Waals surface area contributed by atoms with E-state index >= 15 is 0 Å². The van der Waals surface area contributed by atoms with Gasteiger partial charge in [-0.3, -0.25) is 9.48 Å². The molecular formula is C33H44N4O4. The van der Waals surface area contributed by atoms with Gasteiger partial charge in [0, 0.05) is 11.3 Å². The molecule has 3 aromatic rings. The van der Waals surface area contributed by atoms with Gasteiger partial charge in [0.1, 0.15) is 11.6 Å². The number of aromatic nitrogens is 2. The number of carbonyl (C=O) groups is 2. The maximum atomic E-state index is 13.5. The molecule has 1 saturated carbocycles. The van der Waals surface area contributed by atoms with Gasteiger partial charge < -0.3 is 20.5 Å². The highest BCUT2D eigenvalue weighted by atomic mass is 16.6. The predicted molar refractivity (Wildman–Crippen MR) is 162 cm³/mol. The van der Waals surface area contributed by atoms with Crippen LogP contribution in [0.5, 0.6) is 0 Å². The van der Waals surface area contributed by atoms with E-state index in [4.69, 9.17) is 9.84 Å². The SMILES string of the molecule is Cc1nn(C(C)c2ccccc2)c(C(C)O)c1-c1ccc(NC(=O)[C@@H](NC(=O)OC(C)(C)C)C2CCCCC2)cc1. The van der Waals surface area contributed by atoms with Crippen LogP contribution in [0.15, 0.2) is 54.6 Å².